The molecule has 0 saturated carbocycles. The number of carbonyl (C=O) groups is 1. The van der Waals surface area contributed by atoms with Crippen LogP contribution in [-0.4, -0.2) is 24.0 Å². The summed E-state index contributed by atoms with van der Waals surface area (Å²) in [5.41, 5.74) is 0.741. The normalized spacial score (nSPS) is 10.1. The van der Waals surface area contributed by atoms with Crippen molar-refractivity contribution in [3.8, 4) is 0 Å². The molecule has 0 fully saturated rings. The van der Waals surface area contributed by atoms with Crippen LogP contribution in [0.2, 0.25) is 0 Å². The van der Waals surface area contributed by atoms with Crippen LogP contribution in [0.5, 0.6) is 0 Å². The van der Waals surface area contributed by atoms with E-state index >= 15 is 0 Å². The molecule has 1 heterocycles. The van der Waals surface area contributed by atoms with Crippen molar-refractivity contribution in [2.24, 2.45) is 0 Å². The molecule has 0 saturated heterocycles. The van der Waals surface area contributed by atoms with Gasteiger partial charge < -0.3 is 15.6 Å². The minimum Gasteiger partial charge on any atom is -0.349 e. The van der Waals surface area contributed by atoms with Crippen LogP contribution in [-0.2, 0) is 11.3 Å². The lowest BCUT2D eigenvalue weighted by Gasteiger charge is -2.03. The van der Waals surface area contributed by atoms with Crippen LogP contribution in [0.25, 0.3) is 0 Å². The molecule has 78 valence electrons. The average molecular weight is 215 g/mol. The molecule has 1 rings (SSSR count). The molecule has 1 aromatic rings. The van der Waals surface area contributed by atoms with Crippen molar-refractivity contribution >= 4 is 17.2 Å². The van der Waals surface area contributed by atoms with Gasteiger partial charge in [0.15, 0.2) is 0 Å². The van der Waals surface area contributed by atoms with Gasteiger partial charge in [-0.3, -0.25) is 9.59 Å². The highest BCUT2D eigenvalue weighted by Gasteiger charge is 2.00. The summed E-state index contributed by atoms with van der Waals surface area (Å²) in [5, 5.41) is 7.29. The minimum absolute atomic E-state index is 0.0705. The fraction of sp³-hybridized carbons (Fsp3) is 0.500. The van der Waals surface area contributed by atoms with Crippen molar-refractivity contribution in [1.29, 1.82) is 0 Å². The van der Waals surface area contributed by atoms with Crippen LogP contribution >= 0.6 is 11.3 Å². The number of nitrogens with one attached hydrogen (secondary N) is 3. The molecule has 6 heteroatoms. The van der Waals surface area contributed by atoms with E-state index in [4.69, 9.17) is 0 Å². The molecule has 1 amide bonds. The summed E-state index contributed by atoms with van der Waals surface area (Å²) in [5.74, 6) is -0.0705. The zero-order valence-electron chi connectivity index (χ0n) is 7.92. The van der Waals surface area contributed by atoms with E-state index in [1.807, 2.05) is 6.92 Å². The molecule has 3 N–H and O–H groups in total. The van der Waals surface area contributed by atoms with Gasteiger partial charge in [-0.05, 0) is 6.54 Å². The highest BCUT2D eigenvalue weighted by Crippen LogP contribution is 1.93. The van der Waals surface area contributed by atoms with Gasteiger partial charge in [0, 0.05) is 11.1 Å². The summed E-state index contributed by atoms with van der Waals surface area (Å²) in [6.07, 6.45) is 0. The lowest BCUT2D eigenvalue weighted by atomic mass is 10.4. The van der Waals surface area contributed by atoms with Crippen molar-refractivity contribution in [3.63, 3.8) is 0 Å². The second-order valence-electron chi connectivity index (χ2n) is 2.73. The van der Waals surface area contributed by atoms with Crippen molar-refractivity contribution in [3.05, 3.63) is 20.7 Å². The number of aromatic nitrogens is 1. The van der Waals surface area contributed by atoms with Crippen LogP contribution in [0.1, 0.15) is 12.6 Å². The fourth-order valence-corrected chi connectivity index (χ4v) is 1.48. The Balaban J connectivity index is 2.27. The number of thiazole rings is 1. The fourth-order valence-electron chi connectivity index (χ4n) is 0.895. The number of likely N-dealkylation sites (N-methyl/N-ethyl adjacent to an activating group) is 1. The highest BCUT2D eigenvalue weighted by molar-refractivity contribution is 7.07. The lowest BCUT2D eigenvalue weighted by molar-refractivity contribution is -0.120. The number of H-pyrrole nitrogens is 1. The number of carbonyl (C=O) groups excluding carboxylic acids is 1. The molecule has 1 aromatic heterocycles. The van der Waals surface area contributed by atoms with E-state index in [-0.39, 0.29) is 10.8 Å². The average Bonchev–Trinajstić information content (AvgIpc) is 2.58. The van der Waals surface area contributed by atoms with Crippen molar-refractivity contribution < 1.29 is 4.79 Å². The van der Waals surface area contributed by atoms with Crippen LogP contribution in [0.15, 0.2) is 10.2 Å². The number of amides is 1. The molecule has 5 nitrogen and oxygen atoms in total. The van der Waals surface area contributed by atoms with Crippen molar-refractivity contribution in [2.75, 3.05) is 13.1 Å². The maximum atomic E-state index is 11.1. The monoisotopic (exact) mass is 215 g/mol. The molecule has 14 heavy (non-hydrogen) atoms. The Morgan fingerprint density at radius 1 is 1.64 bits per heavy atom. The summed E-state index contributed by atoms with van der Waals surface area (Å²) in [6.45, 7) is 3.39. The van der Waals surface area contributed by atoms with Crippen LogP contribution < -0.4 is 15.5 Å². The highest BCUT2D eigenvalue weighted by atomic mass is 32.1. The molecular weight excluding hydrogens is 202 g/mol. The van der Waals surface area contributed by atoms with E-state index in [0.717, 1.165) is 23.6 Å². The van der Waals surface area contributed by atoms with Crippen LogP contribution in [0, 0.1) is 0 Å². The Labute approximate surface area is 85.5 Å². The number of hydrogen-bond acceptors (Lipinski definition) is 4. The molecule has 0 atom stereocenters. The zero-order chi connectivity index (χ0) is 10.4. The first kappa shape index (κ1) is 10.9. The summed E-state index contributed by atoms with van der Waals surface area (Å²) in [6, 6.07) is 0. The van der Waals surface area contributed by atoms with Gasteiger partial charge in [-0.2, -0.15) is 0 Å². The maximum Gasteiger partial charge on any atom is 0.304 e. The van der Waals surface area contributed by atoms with Gasteiger partial charge in [-0.25, -0.2) is 0 Å². The van der Waals surface area contributed by atoms with Gasteiger partial charge in [-0.1, -0.05) is 18.3 Å². The molecule has 0 aromatic carbocycles. The third-order valence-electron chi connectivity index (χ3n) is 1.58. The van der Waals surface area contributed by atoms with E-state index in [0.29, 0.717) is 13.1 Å². The van der Waals surface area contributed by atoms with Crippen LogP contribution in [0.4, 0.5) is 0 Å². The second kappa shape index (κ2) is 5.56. The predicted molar refractivity (Wildman–Crippen MR) is 55.3 cm³/mol. The van der Waals surface area contributed by atoms with E-state index < -0.39 is 0 Å². The SMILES string of the molecule is CCNCC(=O)NCc1csc(=O)[nH]1. The Morgan fingerprint density at radius 2 is 2.43 bits per heavy atom. The van der Waals surface area contributed by atoms with E-state index in [9.17, 15) is 9.59 Å². The summed E-state index contributed by atoms with van der Waals surface area (Å²) in [4.78, 5) is 24.4. The van der Waals surface area contributed by atoms with Gasteiger partial charge in [0.25, 0.3) is 0 Å². The van der Waals surface area contributed by atoms with E-state index in [1.54, 1.807) is 5.38 Å². The lowest BCUT2D eigenvalue weighted by Crippen LogP contribution is -2.33. The Kier molecular flexibility index (Phi) is 4.34. The largest absolute Gasteiger partial charge is 0.349 e. The molecule has 0 aliphatic rings. The second-order valence-corrected chi connectivity index (χ2v) is 3.57. The number of rotatable bonds is 5. The van der Waals surface area contributed by atoms with Gasteiger partial charge >= 0.3 is 4.87 Å². The summed E-state index contributed by atoms with van der Waals surface area (Å²) >= 11 is 1.10. The van der Waals surface area contributed by atoms with Gasteiger partial charge in [0.1, 0.15) is 0 Å². The summed E-state index contributed by atoms with van der Waals surface area (Å²) in [7, 11) is 0. The van der Waals surface area contributed by atoms with Gasteiger partial charge in [0.05, 0.1) is 13.1 Å². The Morgan fingerprint density at radius 3 is 3.00 bits per heavy atom. The Bertz CT molecular complexity index is 344. The molecule has 0 bridgehead atoms. The summed E-state index contributed by atoms with van der Waals surface area (Å²) < 4.78 is 0. The van der Waals surface area contributed by atoms with Crippen molar-refractivity contribution in [2.45, 2.75) is 13.5 Å². The predicted octanol–water partition coefficient (Wildman–Crippen LogP) is -0.338. The minimum atomic E-state index is -0.0964. The molecule has 0 unspecified atom stereocenters. The van der Waals surface area contributed by atoms with Crippen molar-refractivity contribution in [1.82, 2.24) is 15.6 Å². The quantitative estimate of drug-likeness (QED) is 0.629. The molecule has 0 radical (unpaired) electrons. The Hall–Kier alpha value is -1.14. The number of aromatic amines is 1. The van der Waals surface area contributed by atoms with Crippen LogP contribution in [0.3, 0.4) is 0 Å². The number of hydrogen-bond donors (Lipinski definition) is 3. The van der Waals surface area contributed by atoms with Gasteiger partial charge in [-0.15, -0.1) is 0 Å². The topological polar surface area (TPSA) is 74.0 Å². The molecule has 0 aliphatic carbocycles. The van der Waals surface area contributed by atoms with Gasteiger partial charge in [0.2, 0.25) is 5.91 Å². The zero-order valence-corrected chi connectivity index (χ0v) is 8.74. The first-order valence-electron chi connectivity index (χ1n) is 4.36. The third kappa shape index (κ3) is 3.71. The first-order valence-corrected chi connectivity index (χ1v) is 5.24. The third-order valence-corrected chi connectivity index (χ3v) is 2.30. The molecule has 0 aliphatic heterocycles. The standard InChI is InChI=1S/C8H13N3O2S/c1-2-9-4-7(12)10-3-6-5-14-8(13)11-6/h5,9H,2-4H2,1H3,(H,10,12)(H,11,13). The molecular formula is C8H13N3O2S. The maximum absolute atomic E-state index is 11.1. The molecule has 0 spiro atoms. The van der Waals surface area contributed by atoms with E-state index in [2.05, 4.69) is 15.6 Å². The van der Waals surface area contributed by atoms with E-state index in [1.165, 1.54) is 0 Å². The first-order chi connectivity index (χ1) is 6.72. The smallest absolute Gasteiger partial charge is 0.304 e.